The molecule has 0 aromatic carbocycles. The van der Waals surface area contributed by atoms with Crippen LogP contribution in [0.15, 0.2) is 22.5 Å². The summed E-state index contributed by atoms with van der Waals surface area (Å²) >= 11 is 1.86. The number of guanidine groups is 1. The van der Waals surface area contributed by atoms with Crippen LogP contribution in [-0.2, 0) is 0 Å². The molecule has 1 aromatic heterocycles. The van der Waals surface area contributed by atoms with E-state index in [9.17, 15) is 0 Å². The predicted molar refractivity (Wildman–Crippen MR) is 110 cm³/mol. The molecule has 1 fully saturated rings. The number of piperidine rings is 1. The van der Waals surface area contributed by atoms with Crippen molar-refractivity contribution in [1.29, 1.82) is 0 Å². The first kappa shape index (κ1) is 20.2. The molecular weight excluding hydrogens is 330 g/mol. The van der Waals surface area contributed by atoms with Crippen molar-refractivity contribution in [2.75, 3.05) is 53.9 Å². The van der Waals surface area contributed by atoms with Crippen LogP contribution in [0.4, 0.5) is 0 Å². The second-order valence-electron chi connectivity index (χ2n) is 7.29. The summed E-state index contributed by atoms with van der Waals surface area (Å²) in [5.41, 5.74) is 0. The van der Waals surface area contributed by atoms with Gasteiger partial charge >= 0.3 is 0 Å². The fourth-order valence-electron chi connectivity index (χ4n) is 3.25. The third kappa shape index (κ3) is 6.96. The molecule has 0 radical (unpaired) electrons. The van der Waals surface area contributed by atoms with Gasteiger partial charge in [0, 0.05) is 25.0 Å². The summed E-state index contributed by atoms with van der Waals surface area (Å²) in [4.78, 5) is 10.7. The molecular formula is C19H35N5S. The first-order valence-electron chi connectivity index (χ1n) is 9.47. The lowest BCUT2D eigenvalue weighted by Crippen LogP contribution is -2.45. The van der Waals surface area contributed by atoms with Crippen molar-refractivity contribution < 1.29 is 0 Å². The van der Waals surface area contributed by atoms with Crippen molar-refractivity contribution in [3.05, 3.63) is 22.4 Å². The van der Waals surface area contributed by atoms with Crippen LogP contribution < -0.4 is 10.6 Å². The fourth-order valence-corrected chi connectivity index (χ4v) is 4.11. The second kappa shape index (κ2) is 10.8. The van der Waals surface area contributed by atoms with Crippen molar-refractivity contribution in [1.82, 2.24) is 20.4 Å². The van der Waals surface area contributed by atoms with Crippen molar-refractivity contribution in [2.24, 2.45) is 10.9 Å². The molecule has 1 unspecified atom stereocenters. The molecule has 25 heavy (non-hydrogen) atoms. The molecule has 1 saturated heterocycles. The molecule has 1 aliphatic heterocycles. The number of hydrogen-bond acceptors (Lipinski definition) is 4. The number of nitrogens with zero attached hydrogens (tertiary/aromatic N) is 3. The average molecular weight is 366 g/mol. The first-order valence-corrected chi connectivity index (χ1v) is 10.3. The summed E-state index contributed by atoms with van der Waals surface area (Å²) < 4.78 is 0. The summed E-state index contributed by atoms with van der Waals surface area (Å²) in [5, 5.41) is 9.16. The maximum atomic E-state index is 4.38. The van der Waals surface area contributed by atoms with Gasteiger partial charge in [0.15, 0.2) is 5.96 Å². The van der Waals surface area contributed by atoms with E-state index in [1.54, 1.807) is 0 Å². The summed E-state index contributed by atoms with van der Waals surface area (Å²) in [7, 11) is 6.07. The van der Waals surface area contributed by atoms with E-state index < -0.39 is 0 Å². The molecule has 2 heterocycles. The Balaban J connectivity index is 1.86. The Hall–Kier alpha value is -1.11. The zero-order chi connectivity index (χ0) is 18.1. The van der Waals surface area contributed by atoms with Crippen molar-refractivity contribution in [3.8, 4) is 0 Å². The van der Waals surface area contributed by atoms with E-state index >= 15 is 0 Å². The molecule has 2 rings (SSSR count). The van der Waals surface area contributed by atoms with E-state index in [1.807, 2.05) is 18.4 Å². The zero-order valence-electron chi connectivity index (χ0n) is 16.3. The number of likely N-dealkylation sites (tertiary alicyclic amines) is 1. The Labute approximate surface area is 157 Å². The zero-order valence-corrected chi connectivity index (χ0v) is 17.1. The van der Waals surface area contributed by atoms with E-state index in [4.69, 9.17) is 0 Å². The highest BCUT2D eigenvalue weighted by Gasteiger charge is 2.25. The molecule has 1 atom stereocenters. The largest absolute Gasteiger partial charge is 0.356 e. The van der Waals surface area contributed by atoms with Crippen LogP contribution in [0.3, 0.4) is 0 Å². The SMILES string of the molecule is CN=C(NCCCN(C)C)NCC(c1cccs1)N1CCC(C)CC1. The van der Waals surface area contributed by atoms with Gasteiger partial charge in [-0.2, -0.15) is 0 Å². The van der Waals surface area contributed by atoms with Crippen LogP contribution in [0.25, 0.3) is 0 Å². The maximum Gasteiger partial charge on any atom is 0.191 e. The topological polar surface area (TPSA) is 42.9 Å². The first-order chi connectivity index (χ1) is 12.1. The van der Waals surface area contributed by atoms with Crippen LogP contribution in [0.5, 0.6) is 0 Å². The van der Waals surface area contributed by atoms with E-state index in [0.717, 1.165) is 37.9 Å². The van der Waals surface area contributed by atoms with Gasteiger partial charge in [-0.1, -0.05) is 13.0 Å². The maximum absolute atomic E-state index is 4.38. The molecule has 0 saturated carbocycles. The fraction of sp³-hybridized carbons (Fsp3) is 0.737. The van der Waals surface area contributed by atoms with Gasteiger partial charge in [0.25, 0.3) is 0 Å². The highest BCUT2D eigenvalue weighted by molar-refractivity contribution is 7.10. The molecule has 142 valence electrons. The minimum atomic E-state index is 0.438. The number of thiophene rings is 1. The number of nitrogens with one attached hydrogen (secondary N) is 2. The highest BCUT2D eigenvalue weighted by Crippen LogP contribution is 2.28. The Kier molecular flexibility index (Phi) is 8.72. The molecule has 0 bridgehead atoms. The molecule has 0 aliphatic carbocycles. The van der Waals surface area contributed by atoms with Gasteiger partial charge in [0.1, 0.15) is 0 Å². The van der Waals surface area contributed by atoms with Gasteiger partial charge in [-0.25, -0.2) is 0 Å². The number of aliphatic imine (C=N–C) groups is 1. The number of rotatable bonds is 8. The Morgan fingerprint density at radius 3 is 2.72 bits per heavy atom. The lowest BCUT2D eigenvalue weighted by molar-refractivity contribution is 0.140. The normalized spacial score (nSPS) is 18.5. The number of hydrogen-bond donors (Lipinski definition) is 2. The van der Waals surface area contributed by atoms with E-state index in [-0.39, 0.29) is 0 Å². The van der Waals surface area contributed by atoms with Gasteiger partial charge < -0.3 is 15.5 Å². The van der Waals surface area contributed by atoms with Crippen LogP contribution in [0.1, 0.15) is 37.1 Å². The Bertz CT molecular complexity index is 492. The van der Waals surface area contributed by atoms with Crippen LogP contribution in [0, 0.1) is 5.92 Å². The summed E-state index contributed by atoms with van der Waals surface area (Å²) in [6.07, 6.45) is 3.73. The second-order valence-corrected chi connectivity index (χ2v) is 8.27. The van der Waals surface area contributed by atoms with Gasteiger partial charge in [-0.3, -0.25) is 9.89 Å². The Morgan fingerprint density at radius 2 is 2.12 bits per heavy atom. The van der Waals surface area contributed by atoms with Gasteiger partial charge in [0.2, 0.25) is 0 Å². The minimum absolute atomic E-state index is 0.438. The summed E-state index contributed by atoms with van der Waals surface area (Å²) in [6.45, 7) is 7.70. The molecule has 0 spiro atoms. The third-order valence-electron chi connectivity index (χ3n) is 4.89. The average Bonchev–Trinajstić information content (AvgIpc) is 3.12. The lowest BCUT2D eigenvalue weighted by Gasteiger charge is -2.36. The molecule has 6 heteroatoms. The van der Waals surface area contributed by atoms with Crippen LogP contribution in [-0.4, -0.2) is 69.6 Å². The van der Waals surface area contributed by atoms with Crippen LogP contribution in [0.2, 0.25) is 0 Å². The van der Waals surface area contributed by atoms with Gasteiger partial charge in [-0.15, -0.1) is 11.3 Å². The van der Waals surface area contributed by atoms with Crippen molar-refractivity contribution >= 4 is 17.3 Å². The van der Waals surface area contributed by atoms with Gasteiger partial charge in [0.05, 0.1) is 6.04 Å². The van der Waals surface area contributed by atoms with Crippen molar-refractivity contribution in [3.63, 3.8) is 0 Å². The van der Waals surface area contributed by atoms with E-state index in [0.29, 0.717) is 6.04 Å². The van der Waals surface area contributed by atoms with E-state index in [1.165, 1.54) is 30.8 Å². The molecule has 1 aromatic rings. The molecule has 0 amide bonds. The molecule has 2 N–H and O–H groups in total. The third-order valence-corrected chi connectivity index (χ3v) is 5.87. The minimum Gasteiger partial charge on any atom is -0.356 e. The quantitative estimate of drug-likeness (QED) is 0.422. The summed E-state index contributed by atoms with van der Waals surface area (Å²) in [6, 6.07) is 4.86. The lowest BCUT2D eigenvalue weighted by atomic mass is 9.97. The smallest absolute Gasteiger partial charge is 0.191 e. The van der Waals surface area contributed by atoms with Crippen molar-refractivity contribution in [2.45, 2.75) is 32.2 Å². The standard InChI is InChI=1S/C19H35N5S/c1-16-8-12-24(13-9-16)17(18-7-5-14-25-18)15-22-19(20-2)21-10-6-11-23(3)4/h5,7,14,16-17H,6,8-13,15H2,1-4H3,(H2,20,21,22). The monoisotopic (exact) mass is 365 g/mol. The molecule has 1 aliphatic rings. The highest BCUT2D eigenvalue weighted by atomic mass is 32.1. The van der Waals surface area contributed by atoms with E-state index in [2.05, 4.69) is 64.0 Å². The van der Waals surface area contributed by atoms with Gasteiger partial charge in [-0.05, 0) is 70.4 Å². The molecule has 5 nitrogen and oxygen atoms in total. The summed E-state index contributed by atoms with van der Waals surface area (Å²) in [5.74, 6) is 1.77. The Morgan fingerprint density at radius 1 is 1.36 bits per heavy atom. The van der Waals surface area contributed by atoms with Crippen LogP contribution >= 0.6 is 11.3 Å². The predicted octanol–water partition coefficient (Wildman–Crippen LogP) is 2.64.